The van der Waals surface area contributed by atoms with Crippen LogP contribution in [-0.4, -0.2) is 51.8 Å². The van der Waals surface area contributed by atoms with E-state index in [0.29, 0.717) is 0 Å². The molecule has 1 aromatic carbocycles. The molecule has 0 spiro atoms. The lowest BCUT2D eigenvalue weighted by molar-refractivity contribution is -0.147. The van der Waals surface area contributed by atoms with Crippen LogP contribution in [0.2, 0.25) is 0 Å². The number of hydrogen-bond acceptors (Lipinski definition) is 7. The van der Waals surface area contributed by atoms with Crippen LogP contribution >= 0.6 is 0 Å². The Kier molecular flexibility index (Phi) is 8.11. The Morgan fingerprint density at radius 1 is 1.23 bits per heavy atom. The van der Waals surface area contributed by atoms with Gasteiger partial charge in [-0.05, 0) is 19.1 Å². The molecule has 2 rings (SSSR count). The average Bonchev–Trinajstić information content (AvgIpc) is 3.23. The first-order valence-corrected chi connectivity index (χ1v) is 9.15. The van der Waals surface area contributed by atoms with E-state index in [1.54, 1.807) is 6.92 Å². The SMILES string of the molecule is CCOC(=O)C(CNC(=O)CCC(=O)Nc1c(F)cc(C(=N)N)cc1F)n1ccnn1. The zero-order valence-corrected chi connectivity index (χ0v) is 16.5. The fraction of sp³-hybridized carbons (Fsp3) is 0.333. The van der Waals surface area contributed by atoms with Crippen LogP contribution in [0.5, 0.6) is 0 Å². The molecular formula is C18H21F2N7O4. The quantitative estimate of drug-likeness (QED) is 0.238. The first-order chi connectivity index (χ1) is 14.7. The Hall–Kier alpha value is -3.90. The molecule has 0 saturated carbocycles. The Labute approximate surface area is 175 Å². The highest BCUT2D eigenvalue weighted by Gasteiger charge is 2.23. The minimum Gasteiger partial charge on any atom is -0.464 e. The maximum absolute atomic E-state index is 14.0. The van der Waals surface area contributed by atoms with E-state index in [0.717, 1.165) is 12.1 Å². The zero-order chi connectivity index (χ0) is 23.0. The molecule has 0 bridgehead atoms. The van der Waals surface area contributed by atoms with E-state index in [2.05, 4.69) is 15.6 Å². The van der Waals surface area contributed by atoms with Crippen LogP contribution in [0.3, 0.4) is 0 Å². The van der Waals surface area contributed by atoms with E-state index in [4.69, 9.17) is 15.9 Å². The first kappa shape index (κ1) is 23.4. The molecule has 0 saturated heterocycles. The average molecular weight is 437 g/mol. The summed E-state index contributed by atoms with van der Waals surface area (Å²) in [7, 11) is 0. The number of anilines is 1. The number of esters is 1. The predicted octanol–water partition coefficient (Wildman–Crippen LogP) is 0.480. The molecule has 0 aliphatic carbocycles. The Bertz CT molecular complexity index is 943. The number of halogens is 2. The van der Waals surface area contributed by atoms with Gasteiger partial charge in [0.1, 0.15) is 23.2 Å². The van der Waals surface area contributed by atoms with Crippen molar-refractivity contribution in [2.75, 3.05) is 18.5 Å². The molecule has 13 heteroatoms. The van der Waals surface area contributed by atoms with E-state index < -0.39 is 47.0 Å². The predicted molar refractivity (Wildman–Crippen MR) is 104 cm³/mol. The van der Waals surface area contributed by atoms with E-state index in [-0.39, 0.29) is 31.6 Å². The number of amidine groups is 1. The second-order valence-corrected chi connectivity index (χ2v) is 6.23. The zero-order valence-electron chi connectivity index (χ0n) is 16.5. The summed E-state index contributed by atoms with van der Waals surface area (Å²) in [6.45, 7) is 1.61. The smallest absolute Gasteiger partial charge is 0.332 e. The number of ether oxygens (including phenoxy) is 1. The number of rotatable bonds is 10. The summed E-state index contributed by atoms with van der Waals surface area (Å²) in [6.07, 6.45) is 2.13. The van der Waals surface area contributed by atoms with Gasteiger partial charge in [0.05, 0.1) is 19.3 Å². The van der Waals surface area contributed by atoms with E-state index in [9.17, 15) is 23.2 Å². The first-order valence-electron chi connectivity index (χ1n) is 9.15. The number of nitrogen functional groups attached to an aromatic ring is 1. The molecule has 5 N–H and O–H groups in total. The third-order valence-electron chi connectivity index (χ3n) is 4.01. The minimum atomic E-state index is -1.10. The van der Waals surface area contributed by atoms with Gasteiger partial charge in [-0.15, -0.1) is 5.10 Å². The summed E-state index contributed by atoms with van der Waals surface area (Å²) in [5, 5.41) is 19.0. The third kappa shape index (κ3) is 6.55. The Balaban J connectivity index is 1.89. The summed E-state index contributed by atoms with van der Waals surface area (Å²) >= 11 is 0. The number of carbonyl (C=O) groups is 3. The van der Waals surface area contributed by atoms with Crippen LogP contribution < -0.4 is 16.4 Å². The van der Waals surface area contributed by atoms with Gasteiger partial charge in [0.15, 0.2) is 6.04 Å². The number of benzene rings is 1. The van der Waals surface area contributed by atoms with E-state index in [1.807, 2.05) is 5.32 Å². The van der Waals surface area contributed by atoms with Crippen LogP contribution in [0.4, 0.5) is 14.5 Å². The summed E-state index contributed by atoms with van der Waals surface area (Å²) in [5.41, 5.74) is 4.31. The third-order valence-corrected chi connectivity index (χ3v) is 4.01. The lowest BCUT2D eigenvalue weighted by Gasteiger charge is -2.16. The summed E-state index contributed by atoms with van der Waals surface area (Å²) in [5.74, 6) is -4.73. The van der Waals surface area contributed by atoms with Crippen molar-refractivity contribution in [2.24, 2.45) is 5.73 Å². The number of carbonyl (C=O) groups excluding carboxylic acids is 3. The van der Waals surface area contributed by atoms with E-state index in [1.165, 1.54) is 17.1 Å². The standard InChI is InChI=1S/C18H21F2N7O4/c1-2-31-18(30)13(27-6-5-24-26-27)9-23-14(28)3-4-15(29)25-16-11(19)7-10(17(21)22)8-12(16)20/h5-8,13H,2-4,9H2,1H3,(H3,21,22)(H,23,28)(H,25,29). The van der Waals surface area contributed by atoms with Gasteiger partial charge in [-0.25, -0.2) is 18.3 Å². The van der Waals surface area contributed by atoms with Crippen molar-refractivity contribution in [1.29, 1.82) is 5.41 Å². The molecule has 2 aromatic rings. The summed E-state index contributed by atoms with van der Waals surface area (Å²) in [4.78, 5) is 36.0. The molecule has 166 valence electrons. The molecule has 1 unspecified atom stereocenters. The highest BCUT2D eigenvalue weighted by atomic mass is 19.1. The number of nitrogens with two attached hydrogens (primary N) is 1. The molecule has 1 heterocycles. The van der Waals surface area contributed by atoms with Crippen LogP contribution in [0.15, 0.2) is 24.5 Å². The van der Waals surface area contributed by atoms with Gasteiger partial charge in [0.25, 0.3) is 0 Å². The van der Waals surface area contributed by atoms with Gasteiger partial charge in [0, 0.05) is 24.6 Å². The lowest BCUT2D eigenvalue weighted by Crippen LogP contribution is -2.36. The second kappa shape index (κ2) is 10.8. The molecule has 1 aromatic heterocycles. The Morgan fingerprint density at radius 2 is 1.87 bits per heavy atom. The minimum absolute atomic E-state index is 0.138. The number of amides is 2. The highest BCUT2D eigenvalue weighted by Crippen LogP contribution is 2.21. The molecular weight excluding hydrogens is 416 g/mol. The normalized spacial score (nSPS) is 11.5. The number of nitrogens with zero attached hydrogens (tertiary/aromatic N) is 3. The fourth-order valence-corrected chi connectivity index (χ4v) is 2.48. The van der Waals surface area contributed by atoms with Crippen molar-refractivity contribution < 1.29 is 27.9 Å². The van der Waals surface area contributed by atoms with Gasteiger partial charge < -0.3 is 21.1 Å². The van der Waals surface area contributed by atoms with Crippen LogP contribution in [0.1, 0.15) is 31.4 Å². The summed E-state index contributed by atoms with van der Waals surface area (Å²) in [6, 6.07) is 0.684. The van der Waals surface area contributed by atoms with Gasteiger partial charge in [-0.2, -0.15) is 0 Å². The van der Waals surface area contributed by atoms with Crippen molar-refractivity contribution in [3.63, 3.8) is 0 Å². The highest BCUT2D eigenvalue weighted by molar-refractivity contribution is 5.97. The molecule has 1 atom stereocenters. The molecule has 0 aliphatic rings. The molecule has 2 amide bonds. The van der Waals surface area contributed by atoms with E-state index >= 15 is 0 Å². The van der Waals surface area contributed by atoms with Crippen molar-refractivity contribution in [2.45, 2.75) is 25.8 Å². The van der Waals surface area contributed by atoms with Crippen molar-refractivity contribution in [3.8, 4) is 0 Å². The number of aromatic nitrogens is 3. The van der Waals surface area contributed by atoms with Crippen LogP contribution in [-0.2, 0) is 19.1 Å². The van der Waals surface area contributed by atoms with Gasteiger partial charge in [-0.1, -0.05) is 5.21 Å². The lowest BCUT2D eigenvalue weighted by atomic mass is 10.1. The topological polar surface area (TPSA) is 165 Å². The molecule has 0 aliphatic heterocycles. The van der Waals surface area contributed by atoms with Crippen molar-refractivity contribution in [1.82, 2.24) is 20.3 Å². The largest absolute Gasteiger partial charge is 0.464 e. The number of nitrogens with one attached hydrogen (secondary N) is 3. The maximum atomic E-state index is 14.0. The fourth-order valence-electron chi connectivity index (χ4n) is 2.48. The van der Waals surface area contributed by atoms with Gasteiger partial charge >= 0.3 is 5.97 Å². The van der Waals surface area contributed by atoms with Gasteiger partial charge in [-0.3, -0.25) is 15.0 Å². The molecule has 0 fully saturated rings. The Morgan fingerprint density at radius 3 is 2.42 bits per heavy atom. The van der Waals surface area contributed by atoms with Crippen LogP contribution in [0, 0.1) is 17.0 Å². The van der Waals surface area contributed by atoms with Crippen molar-refractivity contribution >= 4 is 29.3 Å². The monoisotopic (exact) mass is 437 g/mol. The van der Waals surface area contributed by atoms with Crippen molar-refractivity contribution in [3.05, 3.63) is 41.7 Å². The molecule has 11 nitrogen and oxygen atoms in total. The summed E-state index contributed by atoms with van der Waals surface area (Å²) < 4.78 is 34.1. The second-order valence-electron chi connectivity index (χ2n) is 6.23. The van der Waals surface area contributed by atoms with Crippen LogP contribution in [0.25, 0.3) is 0 Å². The maximum Gasteiger partial charge on any atom is 0.332 e. The van der Waals surface area contributed by atoms with Gasteiger partial charge in [0.2, 0.25) is 11.8 Å². The number of hydrogen-bond donors (Lipinski definition) is 4. The molecule has 0 radical (unpaired) electrons. The molecule has 31 heavy (non-hydrogen) atoms.